The molecule has 1 amide bonds. The van der Waals surface area contributed by atoms with Crippen molar-refractivity contribution in [2.75, 3.05) is 18.9 Å². The molecule has 1 saturated carbocycles. The van der Waals surface area contributed by atoms with Crippen molar-refractivity contribution in [1.82, 2.24) is 5.32 Å². The molecule has 1 aromatic rings. The lowest BCUT2D eigenvalue weighted by Gasteiger charge is -2.30. The monoisotopic (exact) mass is 292 g/mol. The van der Waals surface area contributed by atoms with Crippen molar-refractivity contribution in [3.63, 3.8) is 0 Å². The number of carbonyl (C=O) groups is 1. The molecule has 1 aliphatic rings. The van der Waals surface area contributed by atoms with E-state index in [9.17, 15) is 9.90 Å². The number of ether oxygens (including phenoxy) is 1. The number of rotatable bonds is 5. The molecule has 0 aliphatic heterocycles. The van der Waals surface area contributed by atoms with E-state index in [-0.39, 0.29) is 24.5 Å². The zero-order chi connectivity index (χ0) is 15.2. The Labute approximate surface area is 125 Å². The second kappa shape index (κ2) is 7.31. The van der Waals surface area contributed by atoms with Crippen molar-refractivity contribution in [3.05, 3.63) is 23.8 Å². The number of nitrogens with one attached hydrogen (secondary N) is 1. The van der Waals surface area contributed by atoms with Crippen molar-refractivity contribution in [3.8, 4) is 5.75 Å². The van der Waals surface area contributed by atoms with Crippen LogP contribution in [-0.4, -0.2) is 30.3 Å². The van der Waals surface area contributed by atoms with E-state index in [1.165, 1.54) is 0 Å². The van der Waals surface area contributed by atoms with E-state index in [1.54, 1.807) is 18.2 Å². The lowest BCUT2D eigenvalue weighted by atomic mass is 9.85. The Kier molecular flexibility index (Phi) is 5.44. The minimum Gasteiger partial charge on any atom is -0.494 e. The minimum absolute atomic E-state index is 0.0354. The summed E-state index contributed by atoms with van der Waals surface area (Å²) in [4.78, 5) is 12.4. The summed E-state index contributed by atoms with van der Waals surface area (Å²) in [6.07, 6.45) is 4.08. The maximum atomic E-state index is 12.4. The van der Waals surface area contributed by atoms with E-state index < -0.39 is 0 Å². The van der Waals surface area contributed by atoms with Gasteiger partial charge in [0, 0.05) is 35.9 Å². The van der Waals surface area contributed by atoms with E-state index in [2.05, 4.69) is 5.32 Å². The fourth-order valence-corrected chi connectivity index (χ4v) is 2.87. The molecule has 1 fully saturated rings. The van der Waals surface area contributed by atoms with Crippen molar-refractivity contribution in [2.24, 2.45) is 5.92 Å². The average molecular weight is 292 g/mol. The van der Waals surface area contributed by atoms with Crippen LogP contribution in [0.3, 0.4) is 0 Å². The Morgan fingerprint density at radius 3 is 2.86 bits per heavy atom. The highest BCUT2D eigenvalue weighted by Gasteiger charge is 2.26. The molecule has 1 aromatic carbocycles. The van der Waals surface area contributed by atoms with Crippen molar-refractivity contribution < 1.29 is 14.6 Å². The van der Waals surface area contributed by atoms with Crippen LogP contribution in [0.4, 0.5) is 5.69 Å². The second-order valence-electron chi connectivity index (χ2n) is 5.53. The third-order valence-electron chi connectivity index (χ3n) is 3.96. The number of aliphatic hydroxyl groups excluding tert-OH is 1. The standard InChI is InChI=1S/C16H24N2O3/c1-2-21-14-8-12(7-13(17)9-14)16(20)18-15-6-4-3-5-11(15)10-19/h7-9,11,15,19H,2-6,10,17H2,1H3,(H,18,20). The summed E-state index contributed by atoms with van der Waals surface area (Å²) in [5, 5.41) is 12.4. The van der Waals surface area contributed by atoms with Crippen molar-refractivity contribution >= 4 is 11.6 Å². The van der Waals surface area contributed by atoms with Crippen LogP contribution in [0.15, 0.2) is 18.2 Å². The maximum Gasteiger partial charge on any atom is 0.251 e. The number of benzene rings is 1. The quantitative estimate of drug-likeness (QED) is 0.724. The number of anilines is 1. The Balaban J connectivity index is 2.08. The molecule has 5 nitrogen and oxygen atoms in total. The van der Waals surface area contributed by atoms with Crippen LogP contribution in [0.1, 0.15) is 43.0 Å². The molecule has 5 heteroatoms. The predicted molar refractivity (Wildman–Crippen MR) is 82.3 cm³/mol. The highest BCUT2D eigenvalue weighted by atomic mass is 16.5. The van der Waals surface area contributed by atoms with E-state index in [0.29, 0.717) is 23.6 Å². The van der Waals surface area contributed by atoms with E-state index in [4.69, 9.17) is 10.5 Å². The van der Waals surface area contributed by atoms with Crippen LogP contribution < -0.4 is 15.8 Å². The van der Waals surface area contributed by atoms with E-state index in [0.717, 1.165) is 25.7 Å². The first-order valence-corrected chi connectivity index (χ1v) is 7.59. The normalized spacial score (nSPS) is 21.8. The van der Waals surface area contributed by atoms with E-state index >= 15 is 0 Å². The van der Waals surface area contributed by atoms with Crippen LogP contribution in [0, 0.1) is 5.92 Å². The van der Waals surface area contributed by atoms with Crippen LogP contribution in [0.25, 0.3) is 0 Å². The number of carbonyl (C=O) groups excluding carboxylic acids is 1. The summed E-state index contributed by atoms with van der Waals surface area (Å²) in [7, 11) is 0. The Morgan fingerprint density at radius 2 is 2.14 bits per heavy atom. The third kappa shape index (κ3) is 4.11. The fraction of sp³-hybridized carbons (Fsp3) is 0.562. The molecule has 4 N–H and O–H groups in total. The van der Waals surface area contributed by atoms with Gasteiger partial charge in [-0.3, -0.25) is 4.79 Å². The summed E-state index contributed by atoms with van der Waals surface area (Å²) in [5.74, 6) is 0.591. The molecule has 1 aliphatic carbocycles. The Bertz CT molecular complexity index is 490. The molecule has 0 heterocycles. The molecular formula is C16H24N2O3. The number of nitrogens with two attached hydrogens (primary N) is 1. The SMILES string of the molecule is CCOc1cc(N)cc(C(=O)NC2CCCCC2CO)c1. The van der Waals surface area contributed by atoms with Gasteiger partial charge in [0.05, 0.1) is 6.61 Å². The molecule has 2 rings (SSSR count). The predicted octanol–water partition coefficient (Wildman–Crippen LogP) is 1.95. The van der Waals surface area contributed by atoms with E-state index in [1.807, 2.05) is 6.92 Å². The van der Waals surface area contributed by atoms with Crippen LogP contribution >= 0.6 is 0 Å². The zero-order valence-corrected chi connectivity index (χ0v) is 12.5. The summed E-state index contributed by atoms with van der Waals surface area (Å²) in [6, 6.07) is 5.09. The fourth-order valence-electron chi connectivity index (χ4n) is 2.87. The van der Waals surface area contributed by atoms with Crippen molar-refractivity contribution in [2.45, 2.75) is 38.6 Å². The molecule has 0 spiro atoms. The average Bonchev–Trinajstić information content (AvgIpc) is 2.47. The molecule has 0 radical (unpaired) electrons. The summed E-state index contributed by atoms with van der Waals surface area (Å²) in [5.41, 5.74) is 6.82. The lowest BCUT2D eigenvalue weighted by molar-refractivity contribution is 0.0872. The number of hydrogen-bond acceptors (Lipinski definition) is 4. The molecule has 2 unspecified atom stereocenters. The second-order valence-corrected chi connectivity index (χ2v) is 5.53. The van der Waals surface area contributed by atoms with Crippen LogP contribution in [0.2, 0.25) is 0 Å². The molecule has 116 valence electrons. The van der Waals surface area contributed by atoms with Gasteiger partial charge in [-0.1, -0.05) is 12.8 Å². The molecule has 0 saturated heterocycles. The highest BCUT2D eigenvalue weighted by Crippen LogP contribution is 2.25. The van der Waals surface area contributed by atoms with Gasteiger partial charge >= 0.3 is 0 Å². The van der Waals surface area contributed by atoms with Gasteiger partial charge in [-0.2, -0.15) is 0 Å². The summed E-state index contributed by atoms with van der Waals surface area (Å²) < 4.78 is 5.41. The first kappa shape index (κ1) is 15.6. The minimum atomic E-state index is -0.159. The first-order chi connectivity index (χ1) is 10.1. The van der Waals surface area contributed by atoms with Gasteiger partial charge in [0.25, 0.3) is 5.91 Å². The first-order valence-electron chi connectivity index (χ1n) is 7.59. The van der Waals surface area contributed by atoms with Crippen molar-refractivity contribution in [1.29, 1.82) is 0 Å². The lowest BCUT2D eigenvalue weighted by Crippen LogP contribution is -2.43. The number of hydrogen-bond donors (Lipinski definition) is 3. The Morgan fingerprint density at radius 1 is 1.38 bits per heavy atom. The molecule has 21 heavy (non-hydrogen) atoms. The number of amides is 1. The van der Waals surface area contributed by atoms with Gasteiger partial charge in [-0.05, 0) is 31.9 Å². The molecular weight excluding hydrogens is 268 g/mol. The number of nitrogen functional groups attached to an aromatic ring is 1. The molecule has 0 bridgehead atoms. The smallest absolute Gasteiger partial charge is 0.251 e. The number of aliphatic hydroxyl groups is 1. The van der Waals surface area contributed by atoms with Gasteiger partial charge in [0.1, 0.15) is 5.75 Å². The maximum absolute atomic E-state index is 12.4. The topological polar surface area (TPSA) is 84.6 Å². The van der Waals surface area contributed by atoms with Gasteiger partial charge in [-0.15, -0.1) is 0 Å². The van der Waals surface area contributed by atoms with Gasteiger partial charge in [-0.25, -0.2) is 0 Å². The highest BCUT2D eigenvalue weighted by molar-refractivity contribution is 5.95. The van der Waals surface area contributed by atoms with Crippen LogP contribution in [0.5, 0.6) is 5.75 Å². The van der Waals surface area contributed by atoms with Gasteiger partial charge in [0.2, 0.25) is 0 Å². The Hall–Kier alpha value is -1.75. The molecule has 2 atom stereocenters. The zero-order valence-electron chi connectivity index (χ0n) is 12.5. The molecule has 0 aromatic heterocycles. The summed E-state index contributed by atoms with van der Waals surface area (Å²) in [6.45, 7) is 2.53. The van der Waals surface area contributed by atoms with Gasteiger partial charge in [0.15, 0.2) is 0 Å². The third-order valence-corrected chi connectivity index (χ3v) is 3.96. The largest absolute Gasteiger partial charge is 0.494 e. The van der Waals surface area contributed by atoms with Crippen LogP contribution in [-0.2, 0) is 0 Å². The summed E-state index contributed by atoms with van der Waals surface area (Å²) >= 11 is 0. The van der Waals surface area contributed by atoms with Gasteiger partial charge < -0.3 is 20.9 Å².